The summed E-state index contributed by atoms with van der Waals surface area (Å²) >= 11 is 0. The lowest BCUT2D eigenvalue weighted by molar-refractivity contribution is 0.778. The van der Waals surface area contributed by atoms with E-state index in [-0.39, 0.29) is 6.42 Å². The highest BCUT2D eigenvalue weighted by Crippen LogP contribution is 1.86. The molecule has 5 nitrogen and oxygen atoms in total. The van der Waals surface area contributed by atoms with Gasteiger partial charge >= 0.3 is 0 Å². The molecule has 0 aliphatic carbocycles. The van der Waals surface area contributed by atoms with Crippen LogP contribution in [0.15, 0.2) is 6.33 Å². The van der Waals surface area contributed by atoms with Gasteiger partial charge in [-0.25, -0.2) is 4.98 Å². The Morgan fingerprint density at radius 2 is 2.67 bits per heavy atom. The third-order valence-corrected chi connectivity index (χ3v) is 0.884. The van der Waals surface area contributed by atoms with Crippen molar-refractivity contribution < 1.29 is 0 Å². The largest absolute Gasteiger partial charge is 0.321 e. The van der Waals surface area contributed by atoms with E-state index >= 15 is 0 Å². The normalized spacial score (nSPS) is 8.78. The van der Waals surface area contributed by atoms with Crippen molar-refractivity contribution in [2.45, 2.75) is 6.42 Å². The lowest BCUT2D eigenvalue weighted by atomic mass is 10.5. The van der Waals surface area contributed by atoms with Gasteiger partial charge in [-0.1, -0.05) is 0 Å². The van der Waals surface area contributed by atoms with E-state index in [1.54, 1.807) is 0 Å². The van der Waals surface area contributed by atoms with E-state index in [1.165, 1.54) is 6.33 Å². The SMILES string of the molecule is N#CCc1ncnn1N. The third-order valence-electron chi connectivity index (χ3n) is 0.884. The van der Waals surface area contributed by atoms with Crippen molar-refractivity contribution in [2.75, 3.05) is 5.84 Å². The van der Waals surface area contributed by atoms with E-state index in [9.17, 15) is 0 Å². The first-order chi connectivity index (χ1) is 4.34. The van der Waals surface area contributed by atoms with Crippen LogP contribution in [0.25, 0.3) is 0 Å². The van der Waals surface area contributed by atoms with Crippen LogP contribution in [0.2, 0.25) is 0 Å². The van der Waals surface area contributed by atoms with Crippen LogP contribution < -0.4 is 5.84 Å². The molecule has 0 fully saturated rings. The number of hydrogen-bond donors (Lipinski definition) is 1. The maximum Gasteiger partial charge on any atom is 0.163 e. The third kappa shape index (κ3) is 0.966. The molecule has 5 heteroatoms. The quantitative estimate of drug-likeness (QED) is 0.488. The Bertz CT molecular complexity index is 231. The van der Waals surface area contributed by atoms with Crippen molar-refractivity contribution in [1.82, 2.24) is 14.9 Å². The summed E-state index contributed by atoms with van der Waals surface area (Å²) in [5.41, 5.74) is 0. The molecular weight excluding hydrogens is 118 g/mol. The van der Waals surface area contributed by atoms with Crippen molar-refractivity contribution in [3.8, 4) is 6.07 Å². The molecule has 1 aromatic rings. The summed E-state index contributed by atoms with van der Waals surface area (Å²) in [5.74, 6) is 5.70. The highest BCUT2D eigenvalue weighted by Gasteiger charge is 1.96. The molecule has 9 heavy (non-hydrogen) atoms. The van der Waals surface area contributed by atoms with Crippen LogP contribution in [0.5, 0.6) is 0 Å². The molecule has 46 valence electrons. The molecular formula is C4H5N5. The Kier molecular flexibility index (Phi) is 1.32. The number of aromatic nitrogens is 3. The molecule has 0 radical (unpaired) electrons. The fourth-order valence-electron chi connectivity index (χ4n) is 0.471. The topological polar surface area (TPSA) is 80.5 Å². The Balaban J connectivity index is 2.84. The molecule has 1 aromatic heterocycles. The standard InChI is InChI=1S/C4H5N5/c5-2-1-4-7-3-8-9(4)6/h3H,1,6H2. The van der Waals surface area contributed by atoms with Gasteiger partial charge in [0.1, 0.15) is 6.33 Å². The fraction of sp³-hybridized carbons (Fsp3) is 0.250. The average Bonchev–Trinajstić information content (AvgIpc) is 2.18. The predicted octanol–water partition coefficient (Wildman–Crippen LogP) is -0.942. The first-order valence-electron chi connectivity index (χ1n) is 2.35. The molecule has 0 aliphatic rings. The van der Waals surface area contributed by atoms with Crippen LogP contribution in [-0.2, 0) is 6.42 Å². The second kappa shape index (κ2) is 2.13. The number of nitriles is 1. The molecule has 0 bridgehead atoms. The van der Waals surface area contributed by atoms with Crippen LogP contribution in [0.3, 0.4) is 0 Å². The molecule has 0 atom stereocenters. The summed E-state index contributed by atoms with van der Waals surface area (Å²) in [4.78, 5) is 4.80. The van der Waals surface area contributed by atoms with Crippen LogP contribution in [-0.4, -0.2) is 14.9 Å². The van der Waals surface area contributed by atoms with Crippen LogP contribution in [0.4, 0.5) is 0 Å². The van der Waals surface area contributed by atoms with E-state index in [4.69, 9.17) is 11.1 Å². The Morgan fingerprint density at radius 1 is 1.89 bits per heavy atom. The summed E-state index contributed by atoms with van der Waals surface area (Å²) in [6.07, 6.45) is 1.52. The van der Waals surface area contributed by atoms with Crippen molar-refractivity contribution in [3.63, 3.8) is 0 Å². The molecule has 1 rings (SSSR count). The monoisotopic (exact) mass is 123 g/mol. The van der Waals surface area contributed by atoms with Gasteiger partial charge < -0.3 is 5.84 Å². The van der Waals surface area contributed by atoms with Crippen LogP contribution in [0.1, 0.15) is 5.82 Å². The zero-order chi connectivity index (χ0) is 6.69. The lowest BCUT2D eigenvalue weighted by Gasteiger charge is -1.89. The van der Waals surface area contributed by atoms with E-state index < -0.39 is 0 Å². The summed E-state index contributed by atoms with van der Waals surface area (Å²) in [6, 6.07) is 1.91. The zero-order valence-electron chi connectivity index (χ0n) is 4.65. The summed E-state index contributed by atoms with van der Waals surface area (Å²) in [7, 11) is 0. The zero-order valence-corrected chi connectivity index (χ0v) is 4.65. The molecule has 0 unspecified atom stereocenters. The van der Waals surface area contributed by atoms with Gasteiger partial charge in [0.25, 0.3) is 0 Å². The molecule has 0 spiro atoms. The molecule has 0 aromatic carbocycles. The van der Waals surface area contributed by atoms with Crippen LogP contribution >= 0.6 is 0 Å². The Hall–Kier alpha value is -1.57. The Labute approximate surface area is 51.7 Å². The molecule has 0 amide bonds. The minimum Gasteiger partial charge on any atom is -0.321 e. The summed E-state index contributed by atoms with van der Waals surface area (Å²) in [6.45, 7) is 0. The fourth-order valence-corrected chi connectivity index (χ4v) is 0.471. The Morgan fingerprint density at radius 3 is 3.11 bits per heavy atom. The van der Waals surface area contributed by atoms with Crippen molar-refractivity contribution in [3.05, 3.63) is 12.2 Å². The van der Waals surface area contributed by atoms with Gasteiger partial charge in [0, 0.05) is 0 Å². The van der Waals surface area contributed by atoms with Gasteiger partial charge in [-0.15, -0.1) is 5.10 Å². The van der Waals surface area contributed by atoms with Gasteiger partial charge in [0.05, 0.1) is 12.5 Å². The van der Waals surface area contributed by atoms with E-state index in [0.717, 1.165) is 4.79 Å². The van der Waals surface area contributed by atoms with Crippen LogP contribution in [0, 0.1) is 11.3 Å². The molecule has 2 N–H and O–H groups in total. The number of nitrogens with zero attached hydrogens (tertiary/aromatic N) is 4. The second-order valence-corrected chi connectivity index (χ2v) is 1.46. The summed E-state index contributed by atoms with van der Waals surface area (Å²) < 4.78 is 0. The van der Waals surface area contributed by atoms with Crippen molar-refractivity contribution in [2.24, 2.45) is 0 Å². The number of hydrogen-bond acceptors (Lipinski definition) is 4. The molecule has 1 heterocycles. The highest BCUT2D eigenvalue weighted by atomic mass is 15.5. The number of nitrogens with two attached hydrogens (primary N) is 1. The maximum absolute atomic E-state index is 8.18. The van der Waals surface area contributed by atoms with E-state index in [1.807, 2.05) is 6.07 Å². The second-order valence-electron chi connectivity index (χ2n) is 1.46. The van der Waals surface area contributed by atoms with E-state index in [2.05, 4.69) is 10.1 Å². The molecule has 0 saturated heterocycles. The highest BCUT2D eigenvalue weighted by molar-refractivity contribution is 4.93. The number of rotatable bonds is 1. The first kappa shape index (κ1) is 5.56. The molecule has 0 aliphatic heterocycles. The minimum absolute atomic E-state index is 0.205. The van der Waals surface area contributed by atoms with Crippen molar-refractivity contribution >= 4 is 0 Å². The minimum atomic E-state index is 0.205. The van der Waals surface area contributed by atoms with Gasteiger partial charge in [-0.05, 0) is 0 Å². The van der Waals surface area contributed by atoms with Gasteiger partial charge in [-0.3, -0.25) is 0 Å². The maximum atomic E-state index is 8.18. The van der Waals surface area contributed by atoms with E-state index in [0.29, 0.717) is 5.82 Å². The average molecular weight is 123 g/mol. The van der Waals surface area contributed by atoms with Gasteiger partial charge in [-0.2, -0.15) is 10.1 Å². The summed E-state index contributed by atoms with van der Waals surface area (Å²) in [5, 5.41) is 11.7. The van der Waals surface area contributed by atoms with Crippen molar-refractivity contribution in [1.29, 1.82) is 5.26 Å². The lowest BCUT2D eigenvalue weighted by Crippen LogP contribution is -2.13. The predicted molar refractivity (Wildman–Crippen MR) is 29.5 cm³/mol. The van der Waals surface area contributed by atoms with Gasteiger partial charge in [0.15, 0.2) is 5.82 Å². The smallest absolute Gasteiger partial charge is 0.163 e. The number of nitrogen functional groups attached to an aromatic ring is 1. The molecule has 0 saturated carbocycles. The first-order valence-corrected chi connectivity index (χ1v) is 2.35. The van der Waals surface area contributed by atoms with Gasteiger partial charge in [0.2, 0.25) is 0 Å².